The average molecular weight is 374 g/mol. The highest BCUT2D eigenvalue weighted by Gasteiger charge is 2.40. The van der Waals surface area contributed by atoms with E-state index < -0.39 is 11.4 Å². The third-order valence-corrected chi connectivity index (χ3v) is 5.44. The smallest absolute Gasteiger partial charge is 0.311 e. The van der Waals surface area contributed by atoms with Crippen LogP contribution in [0.5, 0.6) is 0 Å². The lowest BCUT2D eigenvalue weighted by Gasteiger charge is -2.33. The topological polar surface area (TPSA) is 106 Å². The van der Waals surface area contributed by atoms with Crippen LogP contribution in [0.25, 0.3) is 11.0 Å². The lowest BCUT2D eigenvalue weighted by Crippen LogP contribution is -2.46. The lowest BCUT2D eigenvalue weighted by atomic mass is 9.80. The quantitative estimate of drug-likeness (QED) is 0.804. The maximum Gasteiger partial charge on any atom is 0.311 e. The molecule has 0 saturated carbocycles. The van der Waals surface area contributed by atoms with Gasteiger partial charge in [-0.25, -0.2) is 9.67 Å². The summed E-state index contributed by atoms with van der Waals surface area (Å²) < 4.78 is 7.11. The summed E-state index contributed by atoms with van der Waals surface area (Å²) in [6, 6.07) is 1.89. The predicted molar refractivity (Wildman–Crippen MR) is 99.7 cm³/mol. The normalized spacial score (nSPS) is 17.6. The number of carboxylic acids is 1. The Labute approximate surface area is 157 Å². The first kappa shape index (κ1) is 19.3. The van der Waals surface area contributed by atoms with Gasteiger partial charge in [-0.1, -0.05) is 6.92 Å². The number of aryl methyl sites for hydroxylation is 1. The summed E-state index contributed by atoms with van der Waals surface area (Å²) in [6.45, 7) is 6.82. The first-order valence-corrected chi connectivity index (χ1v) is 9.32. The number of hydrogen-bond donors (Lipinski definition) is 2. The number of pyridine rings is 1. The number of carbonyl (C=O) groups excluding carboxylic acids is 1. The van der Waals surface area contributed by atoms with Gasteiger partial charge in [0, 0.05) is 25.5 Å². The van der Waals surface area contributed by atoms with Gasteiger partial charge in [0.25, 0.3) is 5.91 Å². The second kappa shape index (κ2) is 7.64. The fourth-order valence-electron chi connectivity index (χ4n) is 3.40. The second-order valence-corrected chi connectivity index (χ2v) is 7.28. The van der Waals surface area contributed by atoms with Crippen molar-refractivity contribution in [2.75, 3.05) is 19.8 Å². The van der Waals surface area contributed by atoms with Crippen LogP contribution in [0, 0.1) is 12.3 Å². The number of amides is 1. The Hall–Kier alpha value is -2.48. The van der Waals surface area contributed by atoms with Gasteiger partial charge in [0.1, 0.15) is 0 Å². The summed E-state index contributed by atoms with van der Waals surface area (Å²) in [4.78, 5) is 29.2. The summed E-state index contributed by atoms with van der Waals surface area (Å²) in [5.41, 5.74) is 0.889. The molecule has 1 aliphatic rings. The molecule has 2 N–H and O–H groups in total. The molecule has 1 unspecified atom stereocenters. The molecule has 0 bridgehead atoms. The molecule has 146 valence electrons. The van der Waals surface area contributed by atoms with Crippen molar-refractivity contribution in [3.8, 4) is 0 Å². The molecule has 0 spiro atoms. The Bertz CT molecular complexity index is 855. The molecule has 1 atom stereocenters. The van der Waals surface area contributed by atoms with Gasteiger partial charge in [0.2, 0.25) is 0 Å². The number of nitrogens with zero attached hydrogens (tertiary/aromatic N) is 3. The largest absolute Gasteiger partial charge is 0.481 e. The maximum atomic E-state index is 12.9. The van der Waals surface area contributed by atoms with E-state index in [4.69, 9.17) is 4.74 Å². The fraction of sp³-hybridized carbons (Fsp3) is 0.579. The Kier molecular flexibility index (Phi) is 5.46. The van der Waals surface area contributed by atoms with Crippen molar-refractivity contribution in [1.82, 2.24) is 20.1 Å². The highest BCUT2D eigenvalue weighted by atomic mass is 16.5. The summed E-state index contributed by atoms with van der Waals surface area (Å²) in [7, 11) is 0. The molecule has 8 nitrogen and oxygen atoms in total. The van der Waals surface area contributed by atoms with Gasteiger partial charge in [-0.2, -0.15) is 5.10 Å². The highest BCUT2D eigenvalue weighted by molar-refractivity contribution is 6.05. The summed E-state index contributed by atoms with van der Waals surface area (Å²) >= 11 is 0. The number of aromatic nitrogens is 3. The van der Waals surface area contributed by atoms with E-state index in [0.717, 1.165) is 12.1 Å². The summed E-state index contributed by atoms with van der Waals surface area (Å²) in [5.74, 6) is -1.20. The van der Waals surface area contributed by atoms with Crippen LogP contribution in [0.3, 0.4) is 0 Å². The van der Waals surface area contributed by atoms with Crippen LogP contribution >= 0.6 is 0 Å². The van der Waals surface area contributed by atoms with E-state index in [0.29, 0.717) is 42.7 Å². The molecule has 1 saturated heterocycles. The molecular formula is C19H26N4O4. The van der Waals surface area contributed by atoms with Crippen molar-refractivity contribution in [2.24, 2.45) is 5.41 Å². The number of nitrogens with one attached hydrogen (secondary N) is 1. The summed E-state index contributed by atoms with van der Waals surface area (Å²) in [6.07, 6.45) is 3.33. The Morgan fingerprint density at radius 3 is 2.74 bits per heavy atom. The maximum absolute atomic E-state index is 12.9. The van der Waals surface area contributed by atoms with Crippen molar-refractivity contribution in [3.05, 3.63) is 23.5 Å². The van der Waals surface area contributed by atoms with Crippen LogP contribution in [-0.2, 0) is 9.53 Å². The second-order valence-electron chi connectivity index (χ2n) is 7.28. The molecule has 2 aromatic rings. The first-order chi connectivity index (χ1) is 12.9. The van der Waals surface area contributed by atoms with Gasteiger partial charge in [0.15, 0.2) is 5.65 Å². The van der Waals surface area contributed by atoms with Gasteiger partial charge in [-0.05, 0) is 39.2 Å². The van der Waals surface area contributed by atoms with E-state index in [9.17, 15) is 14.7 Å². The molecule has 1 amide bonds. The van der Waals surface area contributed by atoms with Crippen LogP contribution in [-0.4, -0.2) is 51.5 Å². The molecular weight excluding hydrogens is 348 g/mol. The van der Waals surface area contributed by atoms with E-state index in [1.165, 1.54) is 0 Å². The monoisotopic (exact) mass is 374 g/mol. The molecule has 0 aliphatic carbocycles. The number of carbonyl (C=O) groups is 2. The highest BCUT2D eigenvalue weighted by Crippen LogP contribution is 2.30. The van der Waals surface area contributed by atoms with E-state index in [2.05, 4.69) is 29.2 Å². The van der Waals surface area contributed by atoms with Crippen molar-refractivity contribution in [3.63, 3.8) is 0 Å². The lowest BCUT2D eigenvalue weighted by molar-refractivity contribution is -0.154. The fourth-order valence-corrected chi connectivity index (χ4v) is 3.40. The average Bonchev–Trinajstić information content (AvgIpc) is 3.09. The summed E-state index contributed by atoms with van der Waals surface area (Å²) in [5, 5.41) is 17.6. The van der Waals surface area contributed by atoms with Crippen LogP contribution in [0.4, 0.5) is 0 Å². The van der Waals surface area contributed by atoms with Gasteiger partial charge >= 0.3 is 5.97 Å². The molecule has 8 heteroatoms. The van der Waals surface area contributed by atoms with Gasteiger partial charge in [-0.15, -0.1) is 0 Å². The zero-order valence-corrected chi connectivity index (χ0v) is 16.0. The van der Waals surface area contributed by atoms with Crippen LogP contribution in [0.2, 0.25) is 0 Å². The van der Waals surface area contributed by atoms with Gasteiger partial charge in [0.05, 0.1) is 28.6 Å². The van der Waals surface area contributed by atoms with Gasteiger partial charge in [-0.3, -0.25) is 9.59 Å². The third kappa shape index (κ3) is 3.66. The number of ether oxygens (including phenoxy) is 1. The van der Waals surface area contributed by atoms with E-state index in [1.54, 1.807) is 12.3 Å². The SMILES string of the molecule is CCC(C)n1ncc2c(C(=O)NCC3(C(=O)O)CCOCC3)cc(C)nc21. The number of aliphatic carboxylic acids is 1. The molecule has 27 heavy (non-hydrogen) atoms. The number of hydrogen-bond acceptors (Lipinski definition) is 5. The van der Waals surface area contributed by atoms with Crippen LogP contribution in [0.15, 0.2) is 12.3 Å². The van der Waals surface area contributed by atoms with Crippen molar-refractivity contribution in [2.45, 2.75) is 46.1 Å². The molecule has 1 fully saturated rings. The van der Waals surface area contributed by atoms with Crippen molar-refractivity contribution < 1.29 is 19.4 Å². The molecule has 3 heterocycles. The zero-order valence-electron chi connectivity index (χ0n) is 16.0. The minimum atomic E-state index is -0.976. The van der Waals surface area contributed by atoms with E-state index in [-0.39, 0.29) is 18.5 Å². The minimum Gasteiger partial charge on any atom is -0.481 e. The minimum absolute atomic E-state index is 0.0763. The van der Waals surface area contributed by atoms with Crippen LogP contribution < -0.4 is 5.32 Å². The number of rotatable bonds is 6. The standard InChI is InChI=1S/C19H26N4O4/c1-4-13(3)23-16-15(10-21-23)14(9-12(2)22-16)17(24)20-11-19(18(25)26)5-7-27-8-6-19/h9-10,13H,4-8,11H2,1-3H3,(H,20,24)(H,25,26). The number of fused-ring (bicyclic) bond motifs is 1. The van der Waals surface area contributed by atoms with Crippen molar-refractivity contribution >= 4 is 22.9 Å². The third-order valence-electron chi connectivity index (χ3n) is 5.44. The Morgan fingerprint density at radius 2 is 2.11 bits per heavy atom. The van der Waals surface area contributed by atoms with Crippen molar-refractivity contribution in [1.29, 1.82) is 0 Å². The first-order valence-electron chi connectivity index (χ1n) is 9.32. The molecule has 0 aromatic carbocycles. The Balaban J connectivity index is 1.87. The van der Waals surface area contributed by atoms with Gasteiger partial charge < -0.3 is 15.2 Å². The molecule has 2 aromatic heterocycles. The zero-order chi connectivity index (χ0) is 19.6. The predicted octanol–water partition coefficient (Wildman–Crippen LogP) is 2.32. The van der Waals surface area contributed by atoms with Crippen LogP contribution in [0.1, 0.15) is 55.2 Å². The van der Waals surface area contributed by atoms with E-state index in [1.807, 2.05) is 11.6 Å². The molecule has 0 radical (unpaired) electrons. The molecule has 1 aliphatic heterocycles. The number of carboxylic acid groups (broad SMARTS) is 1. The molecule has 3 rings (SSSR count). The van der Waals surface area contributed by atoms with E-state index >= 15 is 0 Å². The Morgan fingerprint density at radius 1 is 1.41 bits per heavy atom.